The number of amides is 1. The van der Waals surface area contributed by atoms with E-state index in [1.165, 1.54) is 4.68 Å². The first-order valence-electron chi connectivity index (χ1n) is 7.27. The first kappa shape index (κ1) is 14.1. The molecule has 0 atom stereocenters. The molecule has 0 unspecified atom stereocenters. The van der Waals surface area contributed by atoms with Crippen molar-refractivity contribution in [3.05, 3.63) is 60.8 Å². The van der Waals surface area contributed by atoms with Gasteiger partial charge in [0.1, 0.15) is 5.69 Å². The molecular formula is C16H13N7O. The van der Waals surface area contributed by atoms with E-state index < -0.39 is 0 Å². The highest BCUT2D eigenvalue weighted by molar-refractivity contribution is 6.03. The summed E-state index contributed by atoms with van der Waals surface area (Å²) in [5, 5.41) is 11.2. The van der Waals surface area contributed by atoms with Crippen molar-refractivity contribution in [2.75, 3.05) is 5.32 Å². The largest absolute Gasteiger partial charge is 0.320 e. The Hall–Kier alpha value is -3.55. The molecule has 8 heteroatoms. The number of carbonyl (C=O) groups is 1. The maximum absolute atomic E-state index is 12.2. The van der Waals surface area contributed by atoms with E-state index in [4.69, 9.17) is 0 Å². The average molecular weight is 319 g/mol. The van der Waals surface area contributed by atoms with Crippen LogP contribution in [0, 0.1) is 0 Å². The normalized spacial score (nSPS) is 10.9. The molecule has 0 aliphatic heterocycles. The topological polar surface area (TPSA) is 90.0 Å². The number of pyridine rings is 2. The van der Waals surface area contributed by atoms with Crippen LogP contribution in [0.25, 0.3) is 17.0 Å². The maximum atomic E-state index is 12.2. The van der Waals surface area contributed by atoms with Gasteiger partial charge in [0.15, 0.2) is 11.5 Å². The van der Waals surface area contributed by atoms with Gasteiger partial charge >= 0.3 is 0 Å². The summed E-state index contributed by atoms with van der Waals surface area (Å²) in [6.45, 7) is 0. The average Bonchev–Trinajstić information content (AvgIpc) is 3.21. The number of fused-ring (bicyclic) bond motifs is 1. The third-order valence-electron chi connectivity index (χ3n) is 3.57. The minimum atomic E-state index is -0.230. The Morgan fingerprint density at radius 1 is 1.21 bits per heavy atom. The van der Waals surface area contributed by atoms with Gasteiger partial charge in [-0.3, -0.25) is 14.5 Å². The first-order chi connectivity index (χ1) is 11.7. The molecule has 4 rings (SSSR count). The molecule has 0 aliphatic rings. The van der Waals surface area contributed by atoms with Gasteiger partial charge in [-0.25, -0.2) is 9.50 Å². The van der Waals surface area contributed by atoms with Gasteiger partial charge in [0.2, 0.25) is 0 Å². The molecule has 1 amide bonds. The number of rotatable bonds is 3. The number of hydrogen-bond acceptors (Lipinski definition) is 5. The molecule has 1 N–H and O–H groups in total. The van der Waals surface area contributed by atoms with E-state index in [-0.39, 0.29) is 5.91 Å². The zero-order valence-corrected chi connectivity index (χ0v) is 12.8. The van der Waals surface area contributed by atoms with Crippen molar-refractivity contribution in [2.24, 2.45) is 7.05 Å². The SMILES string of the molecule is Cn1nccc1C(=O)Nc1ccn2nc(-c3cccnc3)nc2c1. The van der Waals surface area contributed by atoms with Crippen molar-refractivity contribution in [3.63, 3.8) is 0 Å². The molecule has 8 nitrogen and oxygen atoms in total. The van der Waals surface area contributed by atoms with Gasteiger partial charge in [-0.05, 0) is 24.3 Å². The third kappa shape index (κ3) is 2.50. The molecule has 0 radical (unpaired) electrons. The molecule has 0 fully saturated rings. The molecular weight excluding hydrogens is 306 g/mol. The summed E-state index contributed by atoms with van der Waals surface area (Å²) in [5.74, 6) is 0.351. The fourth-order valence-corrected chi connectivity index (χ4v) is 2.37. The summed E-state index contributed by atoms with van der Waals surface area (Å²) in [5.41, 5.74) is 2.59. The van der Waals surface area contributed by atoms with Crippen LogP contribution in [0.1, 0.15) is 10.5 Å². The molecule has 0 aromatic carbocycles. The second-order valence-corrected chi connectivity index (χ2v) is 5.19. The number of aromatic nitrogens is 6. The Kier molecular flexibility index (Phi) is 3.27. The van der Waals surface area contributed by atoms with Crippen LogP contribution in [0.3, 0.4) is 0 Å². The lowest BCUT2D eigenvalue weighted by atomic mass is 10.3. The van der Waals surface area contributed by atoms with Gasteiger partial charge in [0.05, 0.1) is 0 Å². The number of aryl methyl sites for hydroxylation is 1. The fourth-order valence-electron chi connectivity index (χ4n) is 2.37. The van der Waals surface area contributed by atoms with Crippen LogP contribution in [0.2, 0.25) is 0 Å². The minimum Gasteiger partial charge on any atom is -0.320 e. The summed E-state index contributed by atoms with van der Waals surface area (Å²) in [6.07, 6.45) is 6.74. The molecule has 4 heterocycles. The van der Waals surface area contributed by atoms with Gasteiger partial charge in [0.25, 0.3) is 5.91 Å². The second kappa shape index (κ2) is 5.58. The van der Waals surface area contributed by atoms with Gasteiger partial charge in [0, 0.05) is 49.2 Å². The maximum Gasteiger partial charge on any atom is 0.273 e. The van der Waals surface area contributed by atoms with Crippen LogP contribution in [0.5, 0.6) is 0 Å². The van der Waals surface area contributed by atoms with Crippen LogP contribution in [0.4, 0.5) is 5.69 Å². The lowest BCUT2D eigenvalue weighted by Crippen LogP contribution is -2.16. The van der Waals surface area contributed by atoms with Crippen LogP contribution >= 0.6 is 0 Å². The molecule has 0 bridgehead atoms. The van der Waals surface area contributed by atoms with Crippen molar-refractivity contribution in [1.29, 1.82) is 0 Å². The van der Waals surface area contributed by atoms with Crippen molar-refractivity contribution >= 4 is 17.2 Å². The number of carbonyl (C=O) groups excluding carboxylic acids is 1. The Labute approximate surface area is 136 Å². The molecule has 0 aliphatic carbocycles. The van der Waals surface area contributed by atoms with Gasteiger partial charge in [-0.2, -0.15) is 5.10 Å². The van der Waals surface area contributed by atoms with Crippen molar-refractivity contribution in [1.82, 2.24) is 29.4 Å². The van der Waals surface area contributed by atoms with Gasteiger partial charge in [-0.1, -0.05) is 0 Å². The summed E-state index contributed by atoms with van der Waals surface area (Å²) >= 11 is 0. The van der Waals surface area contributed by atoms with Crippen molar-refractivity contribution in [3.8, 4) is 11.4 Å². The molecule has 0 saturated carbocycles. The predicted molar refractivity (Wildman–Crippen MR) is 87.4 cm³/mol. The zero-order valence-electron chi connectivity index (χ0n) is 12.8. The molecule has 24 heavy (non-hydrogen) atoms. The predicted octanol–water partition coefficient (Wildman–Crippen LogP) is 1.78. The van der Waals surface area contributed by atoms with Crippen molar-refractivity contribution in [2.45, 2.75) is 0 Å². The summed E-state index contributed by atoms with van der Waals surface area (Å²) in [7, 11) is 1.72. The van der Waals surface area contributed by atoms with Crippen molar-refractivity contribution < 1.29 is 4.79 Å². The standard InChI is InChI=1S/C16H13N7O/c1-22-13(4-7-18-22)16(24)19-12-5-8-23-14(9-12)20-15(21-23)11-3-2-6-17-10-11/h2-10H,1H3,(H,19,24). The number of hydrogen-bond donors (Lipinski definition) is 1. The summed E-state index contributed by atoms with van der Waals surface area (Å²) < 4.78 is 3.17. The van der Waals surface area contributed by atoms with E-state index in [2.05, 4.69) is 25.5 Å². The molecule has 4 aromatic rings. The molecule has 118 valence electrons. The first-order valence-corrected chi connectivity index (χ1v) is 7.27. The lowest BCUT2D eigenvalue weighted by molar-refractivity contribution is 0.101. The van der Waals surface area contributed by atoms with E-state index in [0.29, 0.717) is 22.9 Å². The monoisotopic (exact) mass is 319 g/mol. The van der Waals surface area contributed by atoms with E-state index in [1.807, 2.05) is 12.1 Å². The van der Waals surface area contributed by atoms with Crippen LogP contribution in [0.15, 0.2) is 55.1 Å². The third-order valence-corrected chi connectivity index (χ3v) is 3.57. The molecule has 4 aromatic heterocycles. The molecule has 0 spiro atoms. The number of anilines is 1. The zero-order chi connectivity index (χ0) is 16.5. The highest BCUT2D eigenvalue weighted by Gasteiger charge is 2.11. The lowest BCUT2D eigenvalue weighted by Gasteiger charge is -2.05. The van der Waals surface area contributed by atoms with Gasteiger partial charge in [-0.15, -0.1) is 5.10 Å². The number of nitrogens with zero attached hydrogens (tertiary/aromatic N) is 6. The minimum absolute atomic E-state index is 0.230. The van der Waals surface area contributed by atoms with Crippen LogP contribution in [-0.4, -0.2) is 35.3 Å². The Bertz CT molecular complexity index is 1020. The van der Waals surface area contributed by atoms with E-state index in [1.54, 1.807) is 54.5 Å². The molecule has 0 saturated heterocycles. The highest BCUT2D eigenvalue weighted by Crippen LogP contribution is 2.17. The van der Waals surface area contributed by atoms with E-state index >= 15 is 0 Å². The second-order valence-electron chi connectivity index (χ2n) is 5.19. The fraction of sp³-hybridized carbons (Fsp3) is 0.0625. The van der Waals surface area contributed by atoms with E-state index in [0.717, 1.165) is 5.56 Å². The Balaban J connectivity index is 1.64. The smallest absolute Gasteiger partial charge is 0.273 e. The van der Waals surface area contributed by atoms with Crippen LogP contribution < -0.4 is 5.32 Å². The Morgan fingerprint density at radius 2 is 2.12 bits per heavy atom. The Morgan fingerprint density at radius 3 is 2.88 bits per heavy atom. The summed E-state index contributed by atoms with van der Waals surface area (Å²) in [6, 6.07) is 8.92. The quantitative estimate of drug-likeness (QED) is 0.621. The van der Waals surface area contributed by atoms with Gasteiger partial charge < -0.3 is 5.32 Å². The van der Waals surface area contributed by atoms with E-state index in [9.17, 15) is 4.79 Å². The summed E-state index contributed by atoms with van der Waals surface area (Å²) in [4.78, 5) is 20.8. The number of nitrogens with one attached hydrogen (secondary N) is 1. The highest BCUT2D eigenvalue weighted by atomic mass is 16.2. The van der Waals surface area contributed by atoms with Crippen LogP contribution in [-0.2, 0) is 7.05 Å².